The Kier molecular flexibility index (Phi) is 4.43. The first-order valence-electron chi connectivity index (χ1n) is 10.4. The van der Waals surface area contributed by atoms with Crippen LogP contribution in [0.25, 0.3) is 5.65 Å². The van der Waals surface area contributed by atoms with E-state index < -0.39 is 0 Å². The fourth-order valence-corrected chi connectivity index (χ4v) is 4.62. The third kappa shape index (κ3) is 3.22. The topological polar surface area (TPSA) is 71.5 Å². The van der Waals surface area contributed by atoms with E-state index in [1.165, 1.54) is 16.8 Å². The molecule has 3 N–H and O–H groups in total. The van der Waals surface area contributed by atoms with Crippen molar-refractivity contribution in [1.29, 1.82) is 0 Å². The van der Waals surface area contributed by atoms with Crippen molar-refractivity contribution >= 4 is 22.8 Å². The first-order chi connectivity index (χ1) is 13.7. The molecule has 0 atom stereocenters. The number of fused-ring (bicyclic) bond motifs is 2. The average Bonchev–Trinajstić information content (AvgIpc) is 3.17. The molecule has 0 unspecified atom stereocenters. The molecule has 1 saturated carbocycles. The Morgan fingerprint density at radius 3 is 2.82 bits per heavy atom. The summed E-state index contributed by atoms with van der Waals surface area (Å²) in [7, 11) is 0. The maximum atomic E-state index is 6.07. The van der Waals surface area contributed by atoms with Crippen LogP contribution in [0.4, 0.5) is 17.2 Å². The zero-order valence-corrected chi connectivity index (χ0v) is 16.4. The molecule has 1 aliphatic heterocycles. The fourth-order valence-electron chi connectivity index (χ4n) is 4.62. The molecule has 1 fully saturated rings. The molecule has 2 aromatic heterocycles. The lowest BCUT2D eigenvalue weighted by Gasteiger charge is -2.32. The van der Waals surface area contributed by atoms with E-state index in [9.17, 15) is 0 Å². The minimum absolute atomic E-state index is 0.353. The molecule has 6 nitrogen and oxygen atoms in total. The van der Waals surface area contributed by atoms with Crippen molar-refractivity contribution in [3.63, 3.8) is 0 Å². The Bertz CT molecular complexity index is 986. The molecule has 0 amide bonds. The van der Waals surface area contributed by atoms with Crippen LogP contribution in [0.5, 0.6) is 0 Å². The van der Waals surface area contributed by atoms with Gasteiger partial charge in [0.05, 0.1) is 5.69 Å². The van der Waals surface area contributed by atoms with Gasteiger partial charge in [-0.25, -0.2) is 9.50 Å². The maximum absolute atomic E-state index is 6.07. The molecule has 0 bridgehead atoms. The fraction of sp³-hybridized carbons (Fsp3) is 0.455. The van der Waals surface area contributed by atoms with E-state index in [2.05, 4.69) is 46.4 Å². The highest BCUT2D eigenvalue weighted by molar-refractivity contribution is 5.79. The second-order valence-corrected chi connectivity index (χ2v) is 8.25. The van der Waals surface area contributed by atoms with Crippen LogP contribution in [0.2, 0.25) is 0 Å². The first-order valence-corrected chi connectivity index (χ1v) is 10.4. The SMILES string of the molecule is Cc1ccc2c(c1)CCCN2c1cc(NC2CCC(N)CC2)nn2ccnc12. The molecule has 3 aromatic rings. The van der Waals surface area contributed by atoms with Crippen LogP contribution < -0.4 is 16.0 Å². The van der Waals surface area contributed by atoms with Gasteiger partial charge in [0.15, 0.2) is 5.65 Å². The minimum atomic E-state index is 0.353. The summed E-state index contributed by atoms with van der Waals surface area (Å²) in [5.41, 5.74) is 12.1. The maximum Gasteiger partial charge on any atom is 0.177 e. The first kappa shape index (κ1) is 17.5. The standard InChI is InChI=1S/C22H28N6/c1-15-4-9-19-16(13-15)3-2-11-27(19)20-14-21(26-28-12-10-24-22(20)28)25-18-7-5-17(23)6-8-18/h4,9-10,12-14,17-18H,2-3,5-8,11,23H2,1H3,(H,25,26). The van der Waals surface area contributed by atoms with Gasteiger partial charge in [-0.1, -0.05) is 17.7 Å². The van der Waals surface area contributed by atoms with Gasteiger partial charge in [0.2, 0.25) is 0 Å². The van der Waals surface area contributed by atoms with Gasteiger partial charge in [0.25, 0.3) is 0 Å². The number of rotatable bonds is 3. The van der Waals surface area contributed by atoms with Gasteiger partial charge in [-0.05, 0) is 57.1 Å². The summed E-state index contributed by atoms with van der Waals surface area (Å²) in [5.74, 6) is 0.917. The normalized spacial score (nSPS) is 22.3. The molecular formula is C22H28N6. The molecule has 1 aromatic carbocycles. The monoisotopic (exact) mass is 376 g/mol. The minimum Gasteiger partial charge on any atom is -0.366 e. The number of benzene rings is 1. The summed E-state index contributed by atoms with van der Waals surface area (Å²) < 4.78 is 1.90. The molecule has 2 aliphatic rings. The highest BCUT2D eigenvalue weighted by Crippen LogP contribution is 2.36. The average molecular weight is 377 g/mol. The number of nitrogens with one attached hydrogen (secondary N) is 1. The molecule has 0 radical (unpaired) electrons. The van der Waals surface area contributed by atoms with Gasteiger partial charge in [-0.15, -0.1) is 5.10 Å². The van der Waals surface area contributed by atoms with Gasteiger partial charge in [-0.2, -0.15) is 0 Å². The smallest absolute Gasteiger partial charge is 0.177 e. The van der Waals surface area contributed by atoms with Gasteiger partial charge >= 0.3 is 0 Å². The third-order valence-corrected chi connectivity index (χ3v) is 6.11. The second-order valence-electron chi connectivity index (χ2n) is 8.25. The van der Waals surface area contributed by atoms with Crippen molar-refractivity contribution in [2.75, 3.05) is 16.8 Å². The number of nitrogens with two attached hydrogens (primary N) is 1. The van der Waals surface area contributed by atoms with Crippen molar-refractivity contribution in [3.8, 4) is 0 Å². The molecule has 5 rings (SSSR count). The summed E-state index contributed by atoms with van der Waals surface area (Å²) in [4.78, 5) is 7.00. The Morgan fingerprint density at radius 2 is 1.96 bits per heavy atom. The highest BCUT2D eigenvalue weighted by atomic mass is 15.3. The second kappa shape index (κ2) is 7.09. The van der Waals surface area contributed by atoms with E-state index in [-0.39, 0.29) is 0 Å². The predicted octanol–water partition coefficient (Wildman–Crippen LogP) is 3.80. The van der Waals surface area contributed by atoms with Gasteiger partial charge in [0, 0.05) is 42.8 Å². The van der Waals surface area contributed by atoms with Gasteiger partial charge in [0.1, 0.15) is 5.82 Å². The summed E-state index contributed by atoms with van der Waals surface area (Å²) >= 11 is 0. The van der Waals surface area contributed by atoms with E-state index >= 15 is 0 Å². The van der Waals surface area contributed by atoms with Crippen LogP contribution in [-0.2, 0) is 6.42 Å². The highest BCUT2D eigenvalue weighted by Gasteiger charge is 2.23. The third-order valence-electron chi connectivity index (χ3n) is 6.11. The van der Waals surface area contributed by atoms with Crippen molar-refractivity contribution in [1.82, 2.24) is 14.6 Å². The van der Waals surface area contributed by atoms with E-state index in [0.717, 1.165) is 62.2 Å². The lowest BCUT2D eigenvalue weighted by molar-refractivity contribution is 0.410. The number of anilines is 3. The van der Waals surface area contributed by atoms with Crippen LogP contribution in [-0.4, -0.2) is 33.2 Å². The number of nitrogens with zero attached hydrogens (tertiary/aromatic N) is 4. The number of aromatic nitrogens is 3. The van der Waals surface area contributed by atoms with E-state index in [1.807, 2.05) is 16.9 Å². The molecule has 146 valence electrons. The predicted molar refractivity (Wildman–Crippen MR) is 113 cm³/mol. The molecule has 0 saturated heterocycles. The number of imidazole rings is 1. The Morgan fingerprint density at radius 1 is 1.11 bits per heavy atom. The van der Waals surface area contributed by atoms with E-state index in [0.29, 0.717) is 12.1 Å². The van der Waals surface area contributed by atoms with Crippen LogP contribution >= 0.6 is 0 Å². The quantitative estimate of drug-likeness (QED) is 0.727. The molecule has 28 heavy (non-hydrogen) atoms. The van der Waals surface area contributed by atoms with Crippen molar-refractivity contribution in [2.45, 2.75) is 57.5 Å². The van der Waals surface area contributed by atoms with Gasteiger partial charge in [-0.3, -0.25) is 0 Å². The summed E-state index contributed by atoms with van der Waals surface area (Å²) in [6.07, 6.45) is 10.4. The lowest BCUT2D eigenvalue weighted by atomic mass is 9.92. The molecule has 1 aliphatic carbocycles. The zero-order chi connectivity index (χ0) is 19.1. The molecule has 0 spiro atoms. The van der Waals surface area contributed by atoms with Crippen LogP contribution in [0, 0.1) is 6.92 Å². The Balaban J connectivity index is 1.52. The van der Waals surface area contributed by atoms with Crippen LogP contribution in [0.1, 0.15) is 43.2 Å². The molecular weight excluding hydrogens is 348 g/mol. The number of aryl methyl sites for hydroxylation is 2. The van der Waals surface area contributed by atoms with E-state index in [4.69, 9.17) is 10.8 Å². The van der Waals surface area contributed by atoms with Crippen LogP contribution in [0.15, 0.2) is 36.7 Å². The molecule has 6 heteroatoms. The molecule has 3 heterocycles. The van der Waals surface area contributed by atoms with Crippen molar-refractivity contribution < 1.29 is 0 Å². The van der Waals surface area contributed by atoms with Crippen LogP contribution in [0.3, 0.4) is 0 Å². The summed E-state index contributed by atoms with van der Waals surface area (Å²) in [6, 6.07) is 9.73. The van der Waals surface area contributed by atoms with Gasteiger partial charge < -0.3 is 16.0 Å². The summed E-state index contributed by atoms with van der Waals surface area (Å²) in [5, 5.41) is 8.41. The number of hydrogen-bond acceptors (Lipinski definition) is 5. The largest absolute Gasteiger partial charge is 0.366 e. The Labute approximate surface area is 165 Å². The lowest BCUT2D eigenvalue weighted by Crippen LogP contribution is -2.33. The van der Waals surface area contributed by atoms with E-state index in [1.54, 1.807) is 0 Å². The number of hydrogen-bond donors (Lipinski definition) is 2. The van der Waals surface area contributed by atoms with Crippen molar-refractivity contribution in [3.05, 3.63) is 47.8 Å². The summed E-state index contributed by atoms with van der Waals surface area (Å²) in [6.45, 7) is 3.16. The zero-order valence-electron chi connectivity index (χ0n) is 16.4. The van der Waals surface area contributed by atoms with Crippen molar-refractivity contribution in [2.24, 2.45) is 5.73 Å². The Hall–Kier alpha value is -2.60.